The Morgan fingerprint density at radius 2 is 2.03 bits per heavy atom. The molecule has 1 aliphatic heterocycles. The van der Waals surface area contributed by atoms with Gasteiger partial charge in [-0.05, 0) is 62.9 Å². The van der Waals surface area contributed by atoms with E-state index in [9.17, 15) is 13.2 Å². The van der Waals surface area contributed by atoms with Gasteiger partial charge in [0.1, 0.15) is 11.6 Å². The van der Waals surface area contributed by atoms with Crippen LogP contribution in [0.1, 0.15) is 38.5 Å². The molecule has 4 heterocycles. The third-order valence-corrected chi connectivity index (χ3v) is 7.21. The van der Waals surface area contributed by atoms with Crippen molar-refractivity contribution in [3.05, 3.63) is 54.2 Å². The van der Waals surface area contributed by atoms with Crippen molar-refractivity contribution in [2.75, 3.05) is 37.4 Å². The normalized spacial score (nSPS) is 15.9. The molecule has 0 aliphatic carbocycles. The van der Waals surface area contributed by atoms with Crippen LogP contribution in [0.15, 0.2) is 53.7 Å². The summed E-state index contributed by atoms with van der Waals surface area (Å²) in [5.74, 6) is 0.362. The molecule has 204 valence electrons. The van der Waals surface area contributed by atoms with Gasteiger partial charge in [-0.2, -0.15) is 8.42 Å². The number of nitrogens with one attached hydrogen (secondary N) is 1. The van der Waals surface area contributed by atoms with Crippen LogP contribution in [0.25, 0.3) is 11.3 Å². The second-order valence-electron chi connectivity index (χ2n) is 9.36. The summed E-state index contributed by atoms with van der Waals surface area (Å²) in [5, 5.41) is -0.343. The first-order chi connectivity index (χ1) is 18.2. The van der Waals surface area contributed by atoms with E-state index in [0.717, 1.165) is 18.4 Å². The average molecular weight is 543 g/mol. The predicted octanol–water partition coefficient (Wildman–Crippen LogP) is 3.14. The van der Waals surface area contributed by atoms with Crippen LogP contribution in [0.2, 0.25) is 0 Å². The molecule has 1 aliphatic rings. The van der Waals surface area contributed by atoms with Gasteiger partial charge in [-0.1, -0.05) is 6.07 Å². The van der Waals surface area contributed by atoms with E-state index in [1.54, 1.807) is 31.5 Å². The second kappa shape index (κ2) is 11.7. The molecule has 0 bridgehead atoms. The number of hydrogen-bond donors (Lipinski definition) is 2. The van der Waals surface area contributed by atoms with E-state index in [4.69, 9.17) is 20.2 Å². The first-order valence-corrected chi connectivity index (χ1v) is 13.8. The van der Waals surface area contributed by atoms with Crippen molar-refractivity contribution in [1.82, 2.24) is 19.7 Å². The maximum atomic E-state index is 13.3. The van der Waals surface area contributed by atoms with Crippen LogP contribution in [0, 0.1) is 5.92 Å². The van der Waals surface area contributed by atoms with Crippen LogP contribution in [-0.2, 0) is 14.8 Å². The first kappa shape index (κ1) is 27.3. The van der Waals surface area contributed by atoms with Gasteiger partial charge in [0, 0.05) is 39.5 Å². The van der Waals surface area contributed by atoms with Crippen LogP contribution in [0.4, 0.5) is 11.6 Å². The second-order valence-corrected chi connectivity index (χ2v) is 11.0. The lowest BCUT2D eigenvalue weighted by molar-refractivity contribution is 0.0981. The highest BCUT2D eigenvalue weighted by molar-refractivity contribution is 7.90. The van der Waals surface area contributed by atoms with Gasteiger partial charge < -0.3 is 20.1 Å². The Morgan fingerprint density at radius 1 is 1.21 bits per heavy atom. The molecule has 1 unspecified atom stereocenters. The molecule has 0 aromatic carbocycles. The van der Waals surface area contributed by atoms with Crippen molar-refractivity contribution in [2.45, 2.75) is 37.8 Å². The summed E-state index contributed by atoms with van der Waals surface area (Å²) in [7, 11) is -2.60. The van der Waals surface area contributed by atoms with Gasteiger partial charge in [0.25, 0.3) is 15.9 Å². The van der Waals surface area contributed by atoms with Crippen molar-refractivity contribution in [3.63, 3.8) is 0 Å². The van der Waals surface area contributed by atoms with Crippen LogP contribution in [0.3, 0.4) is 0 Å². The summed E-state index contributed by atoms with van der Waals surface area (Å²) >= 11 is 0. The molecule has 1 amide bonds. The number of aromatic nitrogens is 3. The number of hydrogen-bond acceptors (Lipinski definition) is 10. The van der Waals surface area contributed by atoms with Gasteiger partial charge in [-0.25, -0.2) is 19.7 Å². The quantitative estimate of drug-likeness (QED) is 0.413. The van der Waals surface area contributed by atoms with E-state index in [-0.39, 0.29) is 29.9 Å². The van der Waals surface area contributed by atoms with Crippen molar-refractivity contribution < 1.29 is 24.1 Å². The Kier molecular flexibility index (Phi) is 8.42. The van der Waals surface area contributed by atoms with E-state index in [1.807, 2.05) is 24.8 Å². The van der Waals surface area contributed by atoms with E-state index in [2.05, 4.69) is 14.7 Å². The first-order valence-electron chi connectivity index (χ1n) is 12.3. The minimum atomic E-state index is -4.25. The maximum Gasteiger partial charge on any atom is 0.281 e. The van der Waals surface area contributed by atoms with Crippen molar-refractivity contribution >= 4 is 27.6 Å². The van der Waals surface area contributed by atoms with Gasteiger partial charge in [0.15, 0.2) is 5.03 Å². The Balaban J connectivity index is 0.00000420. The van der Waals surface area contributed by atoms with Crippen LogP contribution < -0.4 is 20.1 Å². The summed E-state index contributed by atoms with van der Waals surface area (Å²) in [6, 6.07) is 11.0. The van der Waals surface area contributed by atoms with Gasteiger partial charge in [-0.3, -0.25) is 4.79 Å². The fourth-order valence-corrected chi connectivity index (χ4v) is 5.25. The number of carbonyl (C=O) groups is 1. The molecule has 3 N–H and O–H groups in total. The minimum Gasteiger partial charge on any atom is -0.475 e. The molecule has 4 rings (SSSR count). The fraction of sp³-hybridized carbons (Fsp3) is 0.385. The Hall–Kier alpha value is -3.77. The number of piperidine rings is 1. The summed E-state index contributed by atoms with van der Waals surface area (Å²) in [5.41, 5.74) is 7.09. The average Bonchev–Trinajstić information content (AvgIpc) is 2.88. The topological polar surface area (TPSA) is 150 Å². The number of carbonyl (C=O) groups excluding carboxylic acids is 1. The molecule has 1 atom stereocenters. The number of amides is 1. The number of rotatable bonds is 9. The number of nitrogens with zero attached hydrogens (tertiary/aromatic N) is 4. The lowest BCUT2D eigenvalue weighted by Crippen LogP contribution is -2.40. The highest BCUT2D eigenvalue weighted by Gasteiger charge is 2.28. The Morgan fingerprint density at radius 3 is 2.71 bits per heavy atom. The number of anilines is 2. The third kappa shape index (κ3) is 6.56. The number of sulfonamides is 1. The van der Waals surface area contributed by atoms with E-state index in [0.29, 0.717) is 37.1 Å². The fourth-order valence-electron chi connectivity index (χ4n) is 4.31. The largest absolute Gasteiger partial charge is 0.475 e. The van der Waals surface area contributed by atoms with E-state index in [1.165, 1.54) is 18.2 Å². The monoisotopic (exact) mass is 542 g/mol. The lowest BCUT2D eigenvalue weighted by atomic mass is 9.98. The van der Waals surface area contributed by atoms with Gasteiger partial charge in [0.2, 0.25) is 5.88 Å². The smallest absolute Gasteiger partial charge is 0.281 e. The molecule has 3 aromatic heterocycles. The summed E-state index contributed by atoms with van der Waals surface area (Å²) in [6.45, 7) is 5.71. The van der Waals surface area contributed by atoms with Gasteiger partial charge >= 0.3 is 0 Å². The van der Waals surface area contributed by atoms with Gasteiger partial charge in [-0.15, -0.1) is 0 Å². The van der Waals surface area contributed by atoms with Crippen LogP contribution >= 0.6 is 0 Å². The summed E-state index contributed by atoms with van der Waals surface area (Å²) in [6.07, 6.45) is 3.52. The summed E-state index contributed by atoms with van der Waals surface area (Å²) in [4.78, 5) is 28.3. The molecular formula is C26H34N6O5S. The molecule has 0 spiro atoms. The molecule has 3 aromatic rings. The lowest BCUT2D eigenvalue weighted by Gasteiger charge is -2.34. The Bertz CT molecular complexity index is 1390. The van der Waals surface area contributed by atoms with Crippen molar-refractivity contribution in [2.24, 2.45) is 5.92 Å². The standard InChI is InChI=1S/C26H32N6O5S.H2/c1-17(2)37-23-12-9-19(14-28-23)21-11-10-20(25(29-21)32-13-5-6-18(15-32)16-36-3)26(33)31-38(34,35)24-8-4-7-22(27)30-24;/h4,7-12,14,17-18H,5-6,13,15-16H2,1-3H3,(H2,27,30)(H,31,33);1H. The number of pyridine rings is 3. The number of methoxy groups -OCH3 is 1. The van der Waals surface area contributed by atoms with Crippen LogP contribution in [0.5, 0.6) is 5.88 Å². The molecule has 11 nitrogen and oxygen atoms in total. The number of nitrogens with two attached hydrogens (primary N) is 1. The number of ether oxygens (including phenoxy) is 2. The SMILES string of the molecule is COCC1CCCN(c2nc(-c3ccc(OC(C)C)nc3)ccc2C(=O)NS(=O)(=O)c2cccc(N)n2)C1.[HH]. The predicted molar refractivity (Wildman–Crippen MR) is 145 cm³/mol. The van der Waals surface area contributed by atoms with Gasteiger partial charge in [0.05, 0.1) is 24.0 Å². The van der Waals surface area contributed by atoms with Crippen LogP contribution in [-0.4, -0.2) is 62.2 Å². The highest BCUT2D eigenvalue weighted by Crippen LogP contribution is 2.29. The molecular weight excluding hydrogens is 508 g/mol. The zero-order chi connectivity index (χ0) is 27.3. The highest BCUT2D eigenvalue weighted by atomic mass is 32.2. The van der Waals surface area contributed by atoms with Crippen molar-refractivity contribution in [3.8, 4) is 17.1 Å². The molecule has 38 heavy (non-hydrogen) atoms. The summed E-state index contributed by atoms with van der Waals surface area (Å²) < 4.78 is 38.8. The molecule has 12 heteroatoms. The zero-order valence-corrected chi connectivity index (χ0v) is 22.4. The zero-order valence-electron chi connectivity index (χ0n) is 21.6. The third-order valence-electron chi connectivity index (χ3n) is 5.98. The van der Waals surface area contributed by atoms with Crippen molar-refractivity contribution in [1.29, 1.82) is 0 Å². The van der Waals surface area contributed by atoms with E-state index < -0.39 is 15.9 Å². The number of nitrogen functional groups attached to an aromatic ring is 1. The molecule has 1 fully saturated rings. The molecule has 0 saturated carbocycles. The minimum absolute atomic E-state index is 0. The molecule has 1 saturated heterocycles. The van der Waals surface area contributed by atoms with E-state index >= 15 is 0 Å². The molecule has 0 radical (unpaired) electrons. The Labute approximate surface area is 223 Å². The maximum absolute atomic E-state index is 13.3.